The number of nitrogens with zero attached hydrogens (tertiary/aromatic N) is 1. The van der Waals surface area contributed by atoms with Crippen molar-refractivity contribution in [2.45, 2.75) is 18.7 Å². The molecule has 0 atom stereocenters. The van der Waals surface area contributed by atoms with E-state index in [0.717, 1.165) is 46.9 Å². The van der Waals surface area contributed by atoms with E-state index >= 15 is 0 Å². The summed E-state index contributed by atoms with van der Waals surface area (Å²) in [6.07, 6.45) is 2.83. The van der Waals surface area contributed by atoms with E-state index < -0.39 is 0 Å². The summed E-state index contributed by atoms with van der Waals surface area (Å²) < 4.78 is 24.1. The third-order valence-corrected chi connectivity index (χ3v) is 4.89. The number of rotatable bonds is 9. The van der Waals surface area contributed by atoms with Crippen LogP contribution in [0.15, 0.2) is 41.4 Å². The van der Waals surface area contributed by atoms with Crippen LogP contribution in [-0.4, -0.2) is 40.0 Å². The van der Waals surface area contributed by atoms with Crippen LogP contribution in [0.5, 0.6) is 11.5 Å². The second-order valence-electron chi connectivity index (χ2n) is 6.14. The van der Waals surface area contributed by atoms with Gasteiger partial charge in [-0.15, -0.1) is 24.0 Å². The molecule has 2 aromatic rings. The Kier molecular flexibility index (Phi) is 11.8. The first-order valence-corrected chi connectivity index (χ1v) is 10.4. The van der Waals surface area contributed by atoms with Crippen LogP contribution in [0.25, 0.3) is 0 Å². The molecule has 2 rings (SSSR count). The molecule has 8 heteroatoms. The maximum Gasteiger partial charge on any atom is 0.191 e. The number of nitrogens with one attached hydrogen (secondary N) is 2. The average Bonchev–Trinajstić information content (AvgIpc) is 2.71. The minimum atomic E-state index is -0.203. The molecule has 0 aliphatic carbocycles. The summed E-state index contributed by atoms with van der Waals surface area (Å²) in [5, 5.41) is 6.60. The van der Waals surface area contributed by atoms with E-state index in [-0.39, 0.29) is 29.8 Å². The van der Waals surface area contributed by atoms with Crippen molar-refractivity contribution in [1.29, 1.82) is 0 Å². The molecule has 160 valence electrons. The molecule has 2 aromatic carbocycles. The van der Waals surface area contributed by atoms with Gasteiger partial charge in [-0.25, -0.2) is 4.39 Å². The van der Waals surface area contributed by atoms with E-state index in [1.807, 2.05) is 30.5 Å². The predicted octanol–water partition coefficient (Wildman–Crippen LogP) is 4.23. The van der Waals surface area contributed by atoms with Gasteiger partial charge in [0.2, 0.25) is 0 Å². The van der Waals surface area contributed by atoms with E-state index in [1.165, 1.54) is 6.07 Å². The summed E-state index contributed by atoms with van der Waals surface area (Å²) in [7, 11) is 4.99. The van der Waals surface area contributed by atoms with Crippen LogP contribution in [-0.2, 0) is 18.7 Å². The van der Waals surface area contributed by atoms with Crippen LogP contribution in [0, 0.1) is 5.82 Å². The summed E-state index contributed by atoms with van der Waals surface area (Å²) >= 11 is 1.68. The molecule has 0 aromatic heterocycles. The van der Waals surface area contributed by atoms with Gasteiger partial charge >= 0.3 is 0 Å². The molecule has 0 aliphatic heterocycles. The highest BCUT2D eigenvalue weighted by atomic mass is 127. The van der Waals surface area contributed by atoms with Gasteiger partial charge in [0.1, 0.15) is 5.82 Å². The molecule has 0 amide bonds. The van der Waals surface area contributed by atoms with Gasteiger partial charge in [0.15, 0.2) is 17.5 Å². The zero-order valence-electron chi connectivity index (χ0n) is 17.3. The van der Waals surface area contributed by atoms with E-state index in [9.17, 15) is 4.39 Å². The first kappa shape index (κ1) is 25.4. The van der Waals surface area contributed by atoms with Crippen LogP contribution in [0.1, 0.15) is 16.7 Å². The standard InChI is InChI=1S/C21H28FN3O2S.HI/c1-23-21(25-13-16-6-7-18(22)12-17(16)14-28-4)24-10-9-15-5-8-19(26-2)20(11-15)27-3;/h5-8,11-12H,9-10,13-14H2,1-4H3,(H2,23,24,25);1H. The number of guanidine groups is 1. The second-order valence-corrected chi connectivity index (χ2v) is 7.00. The molecule has 0 fully saturated rings. The van der Waals surface area contributed by atoms with Crippen molar-refractivity contribution in [3.05, 3.63) is 58.9 Å². The molecule has 0 unspecified atom stereocenters. The predicted molar refractivity (Wildman–Crippen MR) is 130 cm³/mol. The highest BCUT2D eigenvalue weighted by Crippen LogP contribution is 2.27. The van der Waals surface area contributed by atoms with Gasteiger partial charge in [0.05, 0.1) is 14.2 Å². The van der Waals surface area contributed by atoms with Crippen molar-refractivity contribution in [2.24, 2.45) is 4.99 Å². The molecule has 0 heterocycles. The lowest BCUT2D eigenvalue weighted by atomic mass is 10.1. The molecule has 0 spiro atoms. The Hall–Kier alpha value is -1.68. The van der Waals surface area contributed by atoms with Crippen molar-refractivity contribution in [3.8, 4) is 11.5 Å². The smallest absolute Gasteiger partial charge is 0.191 e. The molecule has 0 saturated carbocycles. The van der Waals surface area contributed by atoms with E-state index in [1.54, 1.807) is 39.1 Å². The van der Waals surface area contributed by atoms with Gasteiger partial charge in [-0.3, -0.25) is 4.99 Å². The third-order valence-electron chi connectivity index (χ3n) is 4.29. The summed E-state index contributed by atoms with van der Waals surface area (Å²) in [5.74, 6) is 2.72. The Morgan fingerprint density at radius 2 is 1.79 bits per heavy atom. The van der Waals surface area contributed by atoms with Crippen LogP contribution >= 0.6 is 35.7 Å². The molecule has 0 bridgehead atoms. The fourth-order valence-corrected chi connectivity index (χ4v) is 3.40. The number of thioether (sulfide) groups is 1. The lowest BCUT2D eigenvalue weighted by molar-refractivity contribution is 0.354. The summed E-state index contributed by atoms with van der Waals surface area (Å²) in [6, 6.07) is 10.8. The van der Waals surface area contributed by atoms with E-state index in [2.05, 4.69) is 15.6 Å². The summed E-state index contributed by atoms with van der Waals surface area (Å²) in [4.78, 5) is 4.26. The van der Waals surface area contributed by atoms with Crippen molar-refractivity contribution in [2.75, 3.05) is 34.1 Å². The molecule has 0 saturated heterocycles. The molecule has 2 N–H and O–H groups in total. The average molecular weight is 533 g/mol. The second kappa shape index (κ2) is 13.5. The first-order valence-electron chi connectivity index (χ1n) is 9.03. The topological polar surface area (TPSA) is 54.9 Å². The minimum absolute atomic E-state index is 0. The van der Waals surface area contributed by atoms with Crippen LogP contribution in [0.3, 0.4) is 0 Å². The normalized spacial score (nSPS) is 10.9. The van der Waals surface area contributed by atoms with Gasteiger partial charge in [-0.2, -0.15) is 11.8 Å². The van der Waals surface area contributed by atoms with Crippen LogP contribution in [0.2, 0.25) is 0 Å². The molecular formula is C21H29FIN3O2S. The highest BCUT2D eigenvalue weighted by Gasteiger charge is 2.07. The Bertz CT molecular complexity index is 805. The highest BCUT2D eigenvalue weighted by molar-refractivity contribution is 14.0. The zero-order chi connectivity index (χ0) is 20.4. The molecule has 0 radical (unpaired) electrons. The van der Waals surface area contributed by atoms with Gasteiger partial charge in [0, 0.05) is 25.9 Å². The Balaban J connectivity index is 0.00000420. The number of hydrogen-bond donors (Lipinski definition) is 2. The van der Waals surface area contributed by atoms with Gasteiger partial charge in [-0.1, -0.05) is 12.1 Å². The number of benzene rings is 2. The minimum Gasteiger partial charge on any atom is -0.493 e. The fourth-order valence-electron chi connectivity index (χ4n) is 2.82. The maximum absolute atomic E-state index is 13.5. The van der Waals surface area contributed by atoms with Crippen LogP contribution in [0.4, 0.5) is 4.39 Å². The molecule has 29 heavy (non-hydrogen) atoms. The summed E-state index contributed by atoms with van der Waals surface area (Å²) in [5.41, 5.74) is 3.21. The number of aliphatic imine (C=N–C) groups is 1. The van der Waals surface area contributed by atoms with Gasteiger partial charge in [0.25, 0.3) is 0 Å². The number of halogens is 2. The first-order chi connectivity index (χ1) is 13.6. The largest absolute Gasteiger partial charge is 0.493 e. The SMILES string of the molecule is CN=C(NCCc1ccc(OC)c(OC)c1)NCc1ccc(F)cc1CSC.I. The van der Waals surface area contributed by atoms with E-state index in [0.29, 0.717) is 12.5 Å². The maximum atomic E-state index is 13.5. The number of hydrogen-bond acceptors (Lipinski definition) is 4. The Morgan fingerprint density at radius 3 is 2.45 bits per heavy atom. The van der Waals surface area contributed by atoms with Gasteiger partial charge in [-0.05, 0) is 53.6 Å². The molecule has 0 aliphatic rings. The van der Waals surface area contributed by atoms with E-state index in [4.69, 9.17) is 9.47 Å². The van der Waals surface area contributed by atoms with Crippen molar-refractivity contribution < 1.29 is 13.9 Å². The monoisotopic (exact) mass is 533 g/mol. The fraction of sp³-hybridized carbons (Fsp3) is 0.381. The number of methoxy groups -OCH3 is 2. The Labute approximate surface area is 193 Å². The quantitative estimate of drug-likeness (QED) is 0.287. The lowest BCUT2D eigenvalue weighted by Crippen LogP contribution is -2.38. The van der Waals surface area contributed by atoms with Crippen molar-refractivity contribution in [3.63, 3.8) is 0 Å². The van der Waals surface area contributed by atoms with Gasteiger partial charge < -0.3 is 20.1 Å². The Morgan fingerprint density at radius 1 is 1.03 bits per heavy atom. The zero-order valence-corrected chi connectivity index (χ0v) is 20.4. The lowest BCUT2D eigenvalue weighted by Gasteiger charge is -2.15. The van der Waals surface area contributed by atoms with Crippen molar-refractivity contribution in [1.82, 2.24) is 10.6 Å². The number of ether oxygens (including phenoxy) is 2. The molecular weight excluding hydrogens is 504 g/mol. The third kappa shape index (κ3) is 7.93. The van der Waals surface area contributed by atoms with Crippen LogP contribution < -0.4 is 20.1 Å². The summed E-state index contributed by atoms with van der Waals surface area (Å²) in [6.45, 7) is 1.31. The van der Waals surface area contributed by atoms with Crippen molar-refractivity contribution >= 4 is 41.7 Å². The molecule has 5 nitrogen and oxygen atoms in total.